The van der Waals surface area contributed by atoms with Gasteiger partial charge in [0.2, 0.25) is 0 Å². The molecule has 1 fully saturated rings. The van der Waals surface area contributed by atoms with E-state index < -0.39 is 0 Å². The molecule has 1 aliphatic rings. The molecule has 0 saturated carbocycles. The maximum absolute atomic E-state index is 8.81. The molecule has 0 atom stereocenters. The highest BCUT2D eigenvalue weighted by atomic mass is 79.9. The fourth-order valence-corrected chi connectivity index (χ4v) is 3.52. The van der Waals surface area contributed by atoms with Gasteiger partial charge in [-0.05, 0) is 42.1 Å². The van der Waals surface area contributed by atoms with E-state index in [0.717, 1.165) is 51.1 Å². The van der Waals surface area contributed by atoms with Crippen molar-refractivity contribution in [2.75, 3.05) is 26.3 Å². The topological polar surface area (TPSA) is 50.5 Å². The van der Waals surface area contributed by atoms with E-state index in [9.17, 15) is 0 Å². The predicted octanol–water partition coefficient (Wildman–Crippen LogP) is 2.20. The molecule has 1 aromatic heterocycles. The molecule has 1 N–H and O–H groups in total. The van der Waals surface area contributed by atoms with Crippen molar-refractivity contribution < 1.29 is 9.84 Å². The van der Waals surface area contributed by atoms with E-state index in [4.69, 9.17) is 9.84 Å². The average Bonchev–Trinajstić information content (AvgIpc) is 2.82. The Kier molecular flexibility index (Phi) is 6.67. The molecule has 0 radical (unpaired) electrons. The first kappa shape index (κ1) is 16.9. The molecule has 1 aromatic rings. The molecule has 120 valence electrons. The van der Waals surface area contributed by atoms with Gasteiger partial charge in [0, 0.05) is 26.2 Å². The molecule has 2 heterocycles. The lowest BCUT2D eigenvalue weighted by Gasteiger charge is -2.31. The van der Waals surface area contributed by atoms with Crippen molar-refractivity contribution in [1.82, 2.24) is 14.7 Å². The molecule has 0 unspecified atom stereocenters. The second-order valence-electron chi connectivity index (χ2n) is 5.45. The standard InChI is InChI=1S/C15H26BrN3O2/c1-3-13-15(16)14(19(4-2)17-13)11-18-7-5-12(6-8-18)21-10-9-20/h12,20H,3-11H2,1-2H3. The van der Waals surface area contributed by atoms with Gasteiger partial charge >= 0.3 is 0 Å². The fraction of sp³-hybridized carbons (Fsp3) is 0.800. The Balaban J connectivity index is 1.93. The highest BCUT2D eigenvalue weighted by Crippen LogP contribution is 2.25. The first-order valence-electron chi connectivity index (χ1n) is 7.88. The number of rotatable bonds is 7. The summed E-state index contributed by atoms with van der Waals surface area (Å²) in [6.07, 6.45) is 3.34. The number of nitrogens with zero attached hydrogens (tertiary/aromatic N) is 3. The summed E-state index contributed by atoms with van der Waals surface area (Å²) in [5, 5.41) is 13.5. The highest BCUT2D eigenvalue weighted by molar-refractivity contribution is 9.10. The van der Waals surface area contributed by atoms with Gasteiger partial charge in [0.1, 0.15) is 0 Å². The molecule has 1 saturated heterocycles. The van der Waals surface area contributed by atoms with Crippen LogP contribution in [-0.2, 0) is 24.2 Å². The van der Waals surface area contributed by atoms with Crippen molar-refractivity contribution in [3.8, 4) is 0 Å². The largest absolute Gasteiger partial charge is 0.394 e. The Morgan fingerprint density at radius 1 is 1.33 bits per heavy atom. The van der Waals surface area contributed by atoms with Gasteiger partial charge in [-0.15, -0.1) is 0 Å². The van der Waals surface area contributed by atoms with Gasteiger partial charge in [-0.25, -0.2) is 0 Å². The van der Waals surface area contributed by atoms with Crippen LogP contribution in [0.15, 0.2) is 4.47 Å². The third-order valence-electron chi connectivity index (χ3n) is 4.05. The van der Waals surface area contributed by atoms with Crippen LogP contribution in [0.3, 0.4) is 0 Å². The number of ether oxygens (including phenoxy) is 1. The summed E-state index contributed by atoms with van der Waals surface area (Å²) in [5.41, 5.74) is 2.43. The molecular weight excluding hydrogens is 334 g/mol. The number of hydrogen-bond acceptors (Lipinski definition) is 4. The van der Waals surface area contributed by atoms with Crippen LogP contribution < -0.4 is 0 Å². The molecule has 21 heavy (non-hydrogen) atoms. The summed E-state index contributed by atoms with van der Waals surface area (Å²) in [6, 6.07) is 0. The molecule has 6 heteroatoms. The number of aliphatic hydroxyl groups is 1. The molecule has 0 amide bonds. The van der Waals surface area contributed by atoms with Crippen molar-refractivity contribution in [2.45, 2.75) is 52.3 Å². The molecule has 0 bridgehead atoms. The molecule has 5 nitrogen and oxygen atoms in total. The van der Waals surface area contributed by atoms with E-state index in [2.05, 4.69) is 44.5 Å². The zero-order chi connectivity index (χ0) is 15.2. The molecule has 1 aliphatic heterocycles. The van der Waals surface area contributed by atoms with Crippen LogP contribution in [0.1, 0.15) is 38.1 Å². The summed E-state index contributed by atoms with van der Waals surface area (Å²) < 4.78 is 8.90. The number of likely N-dealkylation sites (tertiary alicyclic amines) is 1. The minimum Gasteiger partial charge on any atom is -0.394 e. The maximum Gasteiger partial charge on any atom is 0.0767 e. The number of aromatic nitrogens is 2. The number of aryl methyl sites for hydroxylation is 2. The lowest BCUT2D eigenvalue weighted by Crippen LogP contribution is -2.37. The number of hydrogen-bond donors (Lipinski definition) is 1. The van der Waals surface area contributed by atoms with Crippen LogP contribution in [0.25, 0.3) is 0 Å². The van der Waals surface area contributed by atoms with Crippen LogP contribution in [0, 0.1) is 0 Å². The normalized spacial score (nSPS) is 17.5. The van der Waals surface area contributed by atoms with Gasteiger partial charge in [-0.1, -0.05) is 6.92 Å². The summed E-state index contributed by atoms with van der Waals surface area (Å²) in [6.45, 7) is 8.77. The average molecular weight is 360 g/mol. The van der Waals surface area contributed by atoms with Crippen molar-refractivity contribution in [3.05, 3.63) is 15.9 Å². The smallest absolute Gasteiger partial charge is 0.0767 e. The second-order valence-corrected chi connectivity index (χ2v) is 6.24. The van der Waals surface area contributed by atoms with Gasteiger partial charge < -0.3 is 9.84 Å². The third-order valence-corrected chi connectivity index (χ3v) is 4.96. The Bertz CT molecular complexity index is 442. The lowest BCUT2D eigenvalue weighted by molar-refractivity contribution is -0.00940. The van der Waals surface area contributed by atoms with E-state index >= 15 is 0 Å². The fourth-order valence-electron chi connectivity index (χ4n) is 2.83. The van der Waals surface area contributed by atoms with Crippen LogP contribution >= 0.6 is 15.9 Å². The Morgan fingerprint density at radius 2 is 2.05 bits per heavy atom. The predicted molar refractivity (Wildman–Crippen MR) is 86.3 cm³/mol. The minimum atomic E-state index is 0.114. The van der Waals surface area contributed by atoms with E-state index in [1.54, 1.807) is 0 Å². The van der Waals surface area contributed by atoms with Crippen molar-refractivity contribution >= 4 is 15.9 Å². The van der Waals surface area contributed by atoms with E-state index in [1.165, 1.54) is 10.2 Å². The molecular formula is C15H26BrN3O2. The van der Waals surface area contributed by atoms with Crippen molar-refractivity contribution in [1.29, 1.82) is 0 Å². The summed E-state index contributed by atoms with van der Waals surface area (Å²) in [4.78, 5) is 2.46. The second kappa shape index (κ2) is 8.27. The van der Waals surface area contributed by atoms with Gasteiger partial charge in [0.25, 0.3) is 0 Å². The minimum absolute atomic E-state index is 0.114. The van der Waals surface area contributed by atoms with Crippen molar-refractivity contribution in [3.63, 3.8) is 0 Å². The highest BCUT2D eigenvalue weighted by Gasteiger charge is 2.22. The lowest BCUT2D eigenvalue weighted by atomic mass is 10.1. The maximum atomic E-state index is 8.81. The summed E-state index contributed by atoms with van der Waals surface area (Å²) >= 11 is 3.71. The Morgan fingerprint density at radius 3 is 2.62 bits per heavy atom. The zero-order valence-electron chi connectivity index (χ0n) is 13.0. The number of halogens is 1. The zero-order valence-corrected chi connectivity index (χ0v) is 14.6. The van der Waals surface area contributed by atoms with Gasteiger partial charge in [-0.3, -0.25) is 9.58 Å². The number of piperidine rings is 1. The van der Waals surface area contributed by atoms with Crippen LogP contribution in [0.4, 0.5) is 0 Å². The van der Waals surface area contributed by atoms with E-state index in [1.807, 2.05) is 0 Å². The molecule has 0 spiro atoms. The monoisotopic (exact) mass is 359 g/mol. The van der Waals surface area contributed by atoms with Crippen LogP contribution in [0.2, 0.25) is 0 Å². The van der Waals surface area contributed by atoms with Gasteiger partial charge in [0.15, 0.2) is 0 Å². The van der Waals surface area contributed by atoms with Crippen LogP contribution in [-0.4, -0.2) is 52.2 Å². The van der Waals surface area contributed by atoms with Crippen LogP contribution in [0.5, 0.6) is 0 Å². The first-order chi connectivity index (χ1) is 10.2. The van der Waals surface area contributed by atoms with Gasteiger partial charge in [-0.2, -0.15) is 5.10 Å². The van der Waals surface area contributed by atoms with E-state index in [-0.39, 0.29) is 6.61 Å². The SMILES string of the molecule is CCc1nn(CC)c(CN2CCC(OCCO)CC2)c1Br. The van der Waals surface area contributed by atoms with Gasteiger partial charge in [0.05, 0.1) is 35.2 Å². The molecule has 0 aliphatic carbocycles. The van der Waals surface area contributed by atoms with E-state index in [0.29, 0.717) is 12.7 Å². The Labute approximate surface area is 135 Å². The third kappa shape index (κ3) is 4.28. The number of aliphatic hydroxyl groups excluding tert-OH is 1. The summed E-state index contributed by atoms with van der Waals surface area (Å²) in [7, 11) is 0. The Hall–Kier alpha value is -0.430. The molecule has 0 aromatic carbocycles. The quantitative estimate of drug-likeness (QED) is 0.810. The van der Waals surface area contributed by atoms with Crippen molar-refractivity contribution in [2.24, 2.45) is 0 Å². The first-order valence-corrected chi connectivity index (χ1v) is 8.67. The molecule has 2 rings (SSSR count). The summed E-state index contributed by atoms with van der Waals surface area (Å²) in [5.74, 6) is 0.